The summed E-state index contributed by atoms with van der Waals surface area (Å²) in [6.45, 7) is 4.01. The SMILES string of the molecule is CC(C)NC(=O)c1nc[nH]c1C(=O)NC1CCC2(CCCN(c3cc(F)c(F)cc3Cl)C2=O)CC1. The van der Waals surface area contributed by atoms with Crippen LogP contribution in [0.15, 0.2) is 18.5 Å². The van der Waals surface area contributed by atoms with E-state index in [-0.39, 0.29) is 40.1 Å². The second-order valence-corrected chi connectivity index (χ2v) is 9.97. The van der Waals surface area contributed by atoms with E-state index in [0.29, 0.717) is 45.1 Å². The number of hydrogen-bond acceptors (Lipinski definition) is 4. The molecule has 0 atom stereocenters. The largest absolute Gasteiger partial charge is 0.348 e. The molecule has 2 fully saturated rings. The molecule has 2 heterocycles. The van der Waals surface area contributed by atoms with E-state index in [4.69, 9.17) is 11.6 Å². The minimum Gasteiger partial charge on any atom is -0.348 e. The highest BCUT2D eigenvalue weighted by Crippen LogP contribution is 2.46. The molecule has 1 aromatic carbocycles. The van der Waals surface area contributed by atoms with Crippen molar-refractivity contribution in [3.8, 4) is 0 Å². The fourth-order valence-corrected chi connectivity index (χ4v) is 5.28. The van der Waals surface area contributed by atoms with Gasteiger partial charge in [0.25, 0.3) is 11.8 Å². The fraction of sp³-hybridized carbons (Fsp3) is 0.500. The van der Waals surface area contributed by atoms with E-state index in [1.165, 1.54) is 11.2 Å². The van der Waals surface area contributed by atoms with Crippen LogP contribution < -0.4 is 15.5 Å². The molecular formula is C24H28ClF2N5O3. The fourth-order valence-electron chi connectivity index (χ4n) is 5.03. The van der Waals surface area contributed by atoms with E-state index in [1.54, 1.807) is 0 Å². The Labute approximate surface area is 206 Å². The minimum absolute atomic E-state index is 0.00730. The van der Waals surface area contributed by atoms with Gasteiger partial charge in [0.05, 0.1) is 17.0 Å². The van der Waals surface area contributed by atoms with Crippen molar-refractivity contribution in [2.45, 2.75) is 64.5 Å². The molecule has 8 nitrogen and oxygen atoms in total. The Hall–Kier alpha value is -3.01. The van der Waals surface area contributed by atoms with Gasteiger partial charge in [0, 0.05) is 30.1 Å². The van der Waals surface area contributed by atoms with Crippen molar-refractivity contribution in [3.63, 3.8) is 0 Å². The van der Waals surface area contributed by atoms with Gasteiger partial charge in [-0.05, 0) is 58.4 Å². The average molecular weight is 508 g/mol. The molecular weight excluding hydrogens is 480 g/mol. The maximum atomic E-state index is 13.9. The number of aromatic nitrogens is 2. The van der Waals surface area contributed by atoms with Crippen molar-refractivity contribution in [3.05, 3.63) is 46.5 Å². The standard InChI is InChI=1S/C24H28ClF2N5O3/c1-13(2)30-21(33)19-20(29-12-28-19)22(34)31-14-4-7-24(8-5-14)6-3-9-32(23(24)35)18-11-17(27)16(26)10-15(18)25/h10-14H,3-9H2,1-2H3,(H,28,29)(H,30,33)(H,31,34). The lowest BCUT2D eigenvalue weighted by Crippen LogP contribution is -2.52. The van der Waals surface area contributed by atoms with E-state index in [9.17, 15) is 23.2 Å². The van der Waals surface area contributed by atoms with E-state index in [0.717, 1.165) is 12.1 Å². The smallest absolute Gasteiger partial charge is 0.272 e. The van der Waals surface area contributed by atoms with Crippen molar-refractivity contribution in [1.29, 1.82) is 0 Å². The normalized spacial score (nSPS) is 22.5. The quantitative estimate of drug-likeness (QED) is 0.532. The highest BCUT2D eigenvalue weighted by molar-refractivity contribution is 6.33. The third-order valence-electron chi connectivity index (χ3n) is 6.80. The zero-order valence-corrected chi connectivity index (χ0v) is 20.3. The summed E-state index contributed by atoms with van der Waals surface area (Å²) in [5.74, 6) is -3.12. The number of amides is 3. The van der Waals surface area contributed by atoms with Crippen LogP contribution in [-0.2, 0) is 4.79 Å². The van der Waals surface area contributed by atoms with Gasteiger partial charge in [-0.1, -0.05) is 11.6 Å². The van der Waals surface area contributed by atoms with E-state index in [1.807, 2.05) is 13.8 Å². The number of benzene rings is 1. The molecule has 2 aliphatic rings. The molecule has 1 aliphatic carbocycles. The summed E-state index contributed by atoms with van der Waals surface area (Å²) in [6, 6.07) is 1.59. The number of aromatic amines is 1. The summed E-state index contributed by atoms with van der Waals surface area (Å²) < 4.78 is 27.4. The van der Waals surface area contributed by atoms with Crippen LogP contribution in [-0.4, -0.2) is 46.3 Å². The number of nitrogens with one attached hydrogen (secondary N) is 3. The van der Waals surface area contributed by atoms with Crippen LogP contribution in [0, 0.1) is 17.0 Å². The molecule has 1 spiro atoms. The Bertz CT molecular complexity index is 1140. The average Bonchev–Trinajstić information content (AvgIpc) is 3.30. The second-order valence-electron chi connectivity index (χ2n) is 9.56. The van der Waals surface area contributed by atoms with Crippen molar-refractivity contribution in [1.82, 2.24) is 20.6 Å². The number of piperidine rings is 1. The molecule has 0 bridgehead atoms. The summed E-state index contributed by atoms with van der Waals surface area (Å²) in [5, 5.41) is 5.66. The van der Waals surface area contributed by atoms with Crippen LogP contribution in [0.4, 0.5) is 14.5 Å². The maximum absolute atomic E-state index is 13.9. The van der Waals surface area contributed by atoms with Crippen molar-refractivity contribution < 1.29 is 23.2 Å². The number of rotatable bonds is 5. The van der Waals surface area contributed by atoms with Crippen molar-refractivity contribution in [2.24, 2.45) is 5.41 Å². The number of nitrogens with zero attached hydrogens (tertiary/aromatic N) is 2. The van der Waals surface area contributed by atoms with Gasteiger partial charge in [0.15, 0.2) is 17.3 Å². The molecule has 11 heteroatoms. The Morgan fingerprint density at radius 1 is 1.17 bits per heavy atom. The van der Waals surface area contributed by atoms with Gasteiger partial charge in [-0.2, -0.15) is 0 Å². The van der Waals surface area contributed by atoms with Crippen LogP contribution in [0.1, 0.15) is 73.3 Å². The summed E-state index contributed by atoms with van der Waals surface area (Å²) >= 11 is 6.13. The molecule has 3 N–H and O–H groups in total. The van der Waals surface area contributed by atoms with Gasteiger partial charge in [0.1, 0.15) is 5.69 Å². The molecule has 1 aliphatic heterocycles. The first kappa shape index (κ1) is 25.1. The number of carbonyl (C=O) groups is 3. The molecule has 35 heavy (non-hydrogen) atoms. The summed E-state index contributed by atoms with van der Waals surface area (Å²) in [6.07, 6.45) is 4.91. The molecule has 1 aromatic heterocycles. The molecule has 4 rings (SSSR count). The van der Waals surface area contributed by atoms with E-state index in [2.05, 4.69) is 20.6 Å². The first-order valence-electron chi connectivity index (χ1n) is 11.7. The van der Waals surface area contributed by atoms with Crippen LogP contribution in [0.5, 0.6) is 0 Å². The van der Waals surface area contributed by atoms with Gasteiger partial charge in [0.2, 0.25) is 5.91 Å². The van der Waals surface area contributed by atoms with Crippen LogP contribution in [0.2, 0.25) is 5.02 Å². The van der Waals surface area contributed by atoms with Crippen LogP contribution in [0.3, 0.4) is 0 Å². The van der Waals surface area contributed by atoms with Gasteiger partial charge >= 0.3 is 0 Å². The van der Waals surface area contributed by atoms with Crippen LogP contribution in [0.25, 0.3) is 0 Å². The third-order valence-corrected chi connectivity index (χ3v) is 7.10. The number of imidazole rings is 1. The molecule has 2 aromatic rings. The number of hydrogen-bond donors (Lipinski definition) is 3. The summed E-state index contributed by atoms with van der Waals surface area (Å²) in [4.78, 5) is 46.8. The lowest BCUT2D eigenvalue weighted by atomic mass is 9.67. The molecule has 3 amide bonds. The van der Waals surface area contributed by atoms with Gasteiger partial charge in [-0.25, -0.2) is 13.8 Å². The van der Waals surface area contributed by atoms with Gasteiger partial charge in [-0.15, -0.1) is 0 Å². The highest BCUT2D eigenvalue weighted by atomic mass is 35.5. The highest BCUT2D eigenvalue weighted by Gasteiger charge is 2.47. The molecule has 188 valence electrons. The molecule has 1 saturated carbocycles. The predicted molar refractivity (Wildman–Crippen MR) is 126 cm³/mol. The zero-order valence-electron chi connectivity index (χ0n) is 19.6. The number of carbonyl (C=O) groups excluding carboxylic acids is 3. The Morgan fingerprint density at radius 3 is 2.54 bits per heavy atom. The van der Waals surface area contributed by atoms with E-state index >= 15 is 0 Å². The second kappa shape index (κ2) is 9.93. The molecule has 0 radical (unpaired) electrons. The Kier molecular flexibility index (Phi) is 7.12. The Balaban J connectivity index is 1.42. The third kappa shape index (κ3) is 5.03. The van der Waals surface area contributed by atoms with Gasteiger partial charge < -0.3 is 20.5 Å². The van der Waals surface area contributed by atoms with E-state index < -0.39 is 28.9 Å². The summed E-state index contributed by atoms with van der Waals surface area (Å²) in [5.41, 5.74) is -0.331. The Morgan fingerprint density at radius 2 is 1.86 bits per heavy atom. The topological polar surface area (TPSA) is 107 Å². The summed E-state index contributed by atoms with van der Waals surface area (Å²) in [7, 11) is 0. The maximum Gasteiger partial charge on any atom is 0.272 e. The lowest BCUT2D eigenvalue weighted by Gasteiger charge is -2.45. The van der Waals surface area contributed by atoms with Crippen LogP contribution >= 0.6 is 11.6 Å². The number of anilines is 1. The van der Waals surface area contributed by atoms with Crippen molar-refractivity contribution in [2.75, 3.05) is 11.4 Å². The minimum atomic E-state index is -1.06. The first-order chi connectivity index (χ1) is 16.6. The zero-order chi connectivity index (χ0) is 25.3. The van der Waals surface area contributed by atoms with Crippen molar-refractivity contribution >= 4 is 35.0 Å². The number of H-pyrrole nitrogens is 1. The number of halogens is 3. The molecule has 0 unspecified atom stereocenters. The monoisotopic (exact) mass is 507 g/mol. The molecule has 1 saturated heterocycles. The van der Waals surface area contributed by atoms with Gasteiger partial charge in [-0.3, -0.25) is 14.4 Å². The lowest BCUT2D eigenvalue weighted by molar-refractivity contribution is -0.132. The predicted octanol–water partition coefficient (Wildman–Crippen LogP) is 3.97. The first-order valence-corrected chi connectivity index (χ1v) is 12.1.